The van der Waals surface area contributed by atoms with Gasteiger partial charge in [-0.3, -0.25) is 0 Å². The molecule has 15 heavy (non-hydrogen) atoms. The monoisotopic (exact) mass is 266 g/mol. The maximum absolute atomic E-state index is 9.06. The molecule has 80 valence electrons. The van der Waals surface area contributed by atoms with Crippen molar-refractivity contribution in [2.75, 3.05) is 5.32 Å². The second kappa shape index (κ2) is 4.67. The van der Waals surface area contributed by atoms with Crippen LogP contribution in [0.2, 0.25) is 0 Å². The molecule has 2 nitrogen and oxygen atoms in total. The van der Waals surface area contributed by atoms with E-state index in [1.807, 2.05) is 45.0 Å². The van der Waals surface area contributed by atoms with Gasteiger partial charge >= 0.3 is 0 Å². The van der Waals surface area contributed by atoms with Crippen molar-refractivity contribution < 1.29 is 0 Å². The first-order valence-electron chi connectivity index (χ1n) is 4.85. The summed E-state index contributed by atoms with van der Waals surface area (Å²) in [5.74, 6) is 0. The minimum atomic E-state index is -0.182. The summed E-state index contributed by atoms with van der Waals surface area (Å²) in [6, 6.07) is 9.93. The molecule has 0 aliphatic carbocycles. The second-order valence-electron chi connectivity index (χ2n) is 4.58. The van der Waals surface area contributed by atoms with Crippen molar-refractivity contribution in [1.82, 2.24) is 0 Å². The molecule has 1 aromatic carbocycles. The number of hydrogen-bond acceptors (Lipinski definition) is 2. The van der Waals surface area contributed by atoms with Crippen LogP contribution in [-0.4, -0.2) is 6.04 Å². The number of anilines is 1. The number of rotatable bonds is 2. The standard InChI is InChI=1S/C12H15BrN2/c1-12(2,3)11(8-14)15-10-6-4-9(13)5-7-10/h4-7,11,15H,1-3H3. The smallest absolute Gasteiger partial charge is 0.119 e. The van der Waals surface area contributed by atoms with E-state index in [4.69, 9.17) is 5.26 Å². The molecule has 0 aromatic heterocycles. The van der Waals surface area contributed by atoms with Crippen molar-refractivity contribution in [3.63, 3.8) is 0 Å². The highest BCUT2D eigenvalue weighted by atomic mass is 79.9. The van der Waals surface area contributed by atoms with Gasteiger partial charge < -0.3 is 5.32 Å². The molecule has 0 amide bonds. The topological polar surface area (TPSA) is 35.8 Å². The van der Waals surface area contributed by atoms with Gasteiger partial charge in [-0.15, -0.1) is 0 Å². The molecule has 0 bridgehead atoms. The Hall–Kier alpha value is -1.01. The molecule has 0 aliphatic heterocycles. The lowest BCUT2D eigenvalue weighted by Crippen LogP contribution is -2.32. The van der Waals surface area contributed by atoms with Gasteiger partial charge in [0.15, 0.2) is 0 Å². The highest BCUT2D eigenvalue weighted by molar-refractivity contribution is 9.10. The Labute approximate surface area is 99.4 Å². The first-order chi connectivity index (χ1) is 6.93. The second-order valence-corrected chi connectivity index (χ2v) is 5.50. The normalized spacial score (nSPS) is 13.0. The van der Waals surface area contributed by atoms with Crippen LogP contribution in [0.25, 0.3) is 0 Å². The largest absolute Gasteiger partial charge is 0.369 e. The number of nitrogens with one attached hydrogen (secondary N) is 1. The minimum absolute atomic E-state index is 0.0676. The fourth-order valence-electron chi connectivity index (χ4n) is 1.16. The van der Waals surface area contributed by atoms with Crippen molar-refractivity contribution >= 4 is 21.6 Å². The Morgan fingerprint density at radius 3 is 2.20 bits per heavy atom. The molecule has 1 rings (SSSR count). The number of hydrogen-bond donors (Lipinski definition) is 1. The number of nitriles is 1. The molecular weight excluding hydrogens is 252 g/mol. The zero-order valence-electron chi connectivity index (χ0n) is 9.21. The molecule has 0 spiro atoms. The summed E-state index contributed by atoms with van der Waals surface area (Å²) in [5.41, 5.74) is 0.904. The van der Waals surface area contributed by atoms with Gasteiger partial charge in [0.25, 0.3) is 0 Å². The molecule has 0 radical (unpaired) electrons. The van der Waals surface area contributed by atoms with Gasteiger partial charge in [-0.2, -0.15) is 5.26 Å². The highest BCUT2D eigenvalue weighted by Crippen LogP contribution is 2.23. The van der Waals surface area contributed by atoms with Crippen molar-refractivity contribution in [3.8, 4) is 6.07 Å². The molecule has 1 unspecified atom stereocenters. The third kappa shape index (κ3) is 3.56. The zero-order valence-corrected chi connectivity index (χ0v) is 10.8. The molecule has 1 N–H and O–H groups in total. The third-order valence-electron chi connectivity index (χ3n) is 2.15. The quantitative estimate of drug-likeness (QED) is 0.884. The van der Waals surface area contributed by atoms with Crippen LogP contribution in [0.1, 0.15) is 20.8 Å². The Bertz CT molecular complexity index is 357. The summed E-state index contributed by atoms with van der Waals surface area (Å²) in [7, 11) is 0. The Morgan fingerprint density at radius 1 is 1.27 bits per heavy atom. The molecule has 0 saturated heterocycles. The Balaban J connectivity index is 2.77. The Kier molecular flexibility index (Phi) is 3.76. The molecule has 0 saturated carbocycles. The number of halogens is 1. The molecule has 3 heteroatoms. The Morgan fingerprint density at radius 2 is 1.80 bits per heavy atom. The lowest BCUT2D eigenvalue weighted by atomic mass is 9.87. The third-order valence-corrected chi connectivity index (χ3v) is 2.68. The van der Waals surface area contributed by atoms with E-state index in [-0.39, 0.29) is 11.5 Å². The molecule has 0 heterocycles. The fraction of sp³-hybridized carbons (Fsp3) is 0.417. The SMILES string of the molecule is CC(C)(C)C(C#N)Nc1ccc(Br)cc1. The van der Waals surface area contributed by atoms with Gasteiger partial charge in [-0.05, 0) is 29.7 Å². The van der Waals surface area contributed by atoms with Gasteiger partial charge in [-0.1, -0.05) is 36.7 Å². The van der Waals surface area contributed by atoms with Gasteiger partial charge in [0.1, 0.15) is 6.04 Å². The maximum Gasteiger partial charge on any atom is 0.119 e. The minimum Gasteiger partial charge on any atom is -0.369 e. The van der Waals surface area contributed by atoms with Crippen LogP contribution >= 0.6 is 15.9 Å². The summed E-state index contributed by atoms with van der Waals surface area (Å²) in [5, 5.41) is 12.3. The number of benzene rings is 1. The molecule has 0 fully saturated rings. The number of nitrogens with zero attached hydrogens (tertiary/aromatic N) is 1. The zero-order chi connectivity index (χ0) is 11.5. The molecule has 1 atom stereocenters. The van der Waals surface area contributed by atoms with Crippen LogP contribution < -0.4 is 5.32 Å². The van der Waals surface area contributed by atoms with E-state index in [0.717, 1.165) is 10.2 Å². The van der Waals surface area contributed by atoms with Crippen LogP contribution in [0.5, 0.6) is 0 Å². The lowest BCUT2D eigenvalue weighted by molar-refractivity contribution is 0.390. The van der Waals surface area contributed by atoms with E-state index in [0.29, 0.717) is 0 Å². The summed E-state index contributed by atoms with van der Waals surface area (Å²) in [4.78, 5) is 0. The molecular formula is C12H15BrN2. The van der Waals surface area contributed by atoms with Gasteiger partial charge in [0, 0.05) is 10.2 Å². The predicted octanol–water partition coefficient (Wildman–Crippen LogP) is 3.80. The molecule has 1 aromatic rings. The molecule has 0 aliphatic rings. The van der Waals surface area contributed by atoms with E-state index < -0.39 is 0 Å². The highest BCUT2D eigenvalue weighted by Gasteiger charge is 2.23. The van der Waals surface area contributed by atoms with E-state index in [9.17, 15) is 0 Å². The van der Waals surface area contributed by atoms with Gasteiger partial charge in [0.2, 0.25) is 0 Å². The van der Waals surface area contributed by atoms with E-state index in [2.05, 4.69) is 27.3 Å². The van der Waals surface area contributed by atoms with E-state index in [1.54, 1.807) is 0 Å². The summed E-state index contributed by atoms with van der Waals surface area (Å²) in [6.07, 6.45) is 0. The van der Waals surface area contributed by atoms with Crippen LogP contribution in [0, 0.1) is 16.7 Å². The van der Waals surface area contributed by atoms with Crippen molar-refractivity contribution in [2.24, 2.45) is 5.41 Å². The van der Waals surface area contributed by atoms with Crippen molar-refractivity contribution in [2.45, 2.75) is 26.8 Å². The summed E-state index contributed by atoms with van der Waals surface area (Å²) >= 11 is 3.38. The average Bonchev–Trinajstić information content (AvgIpc) is 2.15. The van der Waals surface area contributed by atoms with Gasteiger partial charge in [0.05, 0.1) is 6.07 Å². The van der Waals surface area contributed by atoms with Crippen molar-refractivity contribution in [1.29, 1.82) is 5.26 Å². The van der Waals surface area contributed by atoms with Crippen LogP contribution in [-0.2, 0) is 0 Å². The first-order valence-corrected chi connectivity index (χ1v) is 5.64. The first kappa shape index (κ1) is 12.1. The summed E-state index contributed by atoms with van der Waals surface area (Å²) < 4.78 is 1.04. The lowest BCUT2D eigenvalue weighted by Gasteiger charge is -2.26. The van der Waals surface area contributed by atoms with Crippen LogP contribution in [0.15, 0.2) is 28.7 Å². The summed E-state index contributed by atoms with van der Waals surface area (Å²) in [6.45, 7) is 6.15. The maximum atomic E-state index is 9.06. The van der Waals surface area contributed by atoms with Gasteiger partial charge in [-0.25, -0.2) is 0 Å². The van der Waals surface area contributed by atoms with Crippen molar-refractivity contribution in [3.05, 3.63) is 28.7 Å². The van der Waals surface area contributed by atoms with Crippen LogP contribution in [0.3, 0.4) is 0 Å². The predicted molar refractivity (Wildman–Crippen MR) is 66.6 cm³/mol. The average molecular weight is 267 g/mol. The van der Waals surface area contributed by atoms with E-state index in [1.165, 1.54) is 0 Å². The fourth-order valence-corrected chi connectivity index (χ4v) is 1.42. The van der Waals surface area contributed by atoms with E-state index >= 15 is 0 Å². The van der Waals surface area contributed by atoms with Crippen LogP contribution in [0.4, 0.5) is 5.69 Å².